The van der Waals surface area contributed by atoms with Crippen LogP contribution in [0.4, 0.5) is 9.59 Å². The molecular formula is C65H123NO12. The molecule has 2 saturated heterocycles. The Kier molecular flexibility index (Phi) is 46.9. The fraction of sp³-hybridized carbons (Fsp3) is 0.938. The van der Waals surface area contributed by atoms with Gasteiger partial charge in [-0.1, -0.05) is 245 Å². The molecule has 4 N–H and O–H groups in total. The number of aliphatic hydroxyl groups is 4. The first-order chi connectivity index (χ1) is 38.1. The van der Waals surface area contributed by atoms with Crippen molar-refractivity contribution in [1.29, 1.82) is 0 Å². The van der Waals surface area contributed by atoms with Gasteiger partial charge < -0.3 is 48.8 Å². The van der Waals surface area contributed by atoms with E-state index >= 15 is 0 Å². The van der Waals surface area contributed by atoms with E-state index in [4.69, 9.17) is 28.4 Å². The van der Waals surface area contributed by atoms with Gasteiger partial charge in [-0.05, 0) is 64.2 Å². The Balaban J connectivity index is 1.76. The van der Waals surface area contributed by atoms with Crippen LogP contribution < -0.4 is 0 Å². The first-order valence-corrected chi connectivity index (χ1v) is 33.1. The minimum absolute atomic E-state index is 0.0838. The van der Waals surface area contributed by atoms with Gasteiger partial charge in [0.1, 0.15) is 12.2 Å². The molecular weight excluding hydrogens is 987 g/mol. The summed E-state index contributed by atoms with van der Waals surface area (Å²) >= 11 is 0. The highest BCUT2D eigenvalue weighted by Crippen LogP contribution is 2.31. The van der Waals surface area contributed by atoms with Crippen molar-refractivity contribution in [3.63, 3.8) is 0 Å². The molecule has 2 aliphatic heterocycles. The van der Waals surface area contributed by atoms with Crippen LogP contribution in [0.25, 0.3) is 0 Å². The molecule has 2 aliphatic rings. The van der Waals surface area contributed by atoms with E-state index in [9.17, 15) is 30.0 Å². The largest absolute Gasteiger partial charge is 0.508 e. The third-order valence-corrected chi connectivity index (χ3v) is 16.1. The van der Waals surface area contributed by atoms with Crippen LogP contribution in [0.3, 0.4) is 0 Å². The molecule has 460 valence electrons. The molecule has 0 aliphatic carbocycles. The summed E-state index contributed by atoms with van der Waals surface area (Å²) in [4.78, 5) is 27.8. The van der Waals surface area contributed by atoms with E-state index in [2.05, 4.69) is 38.7 Å². The number of hydrogen-bond donors (Lipinski definition) is 4. The second kappa shape index (κ2) is 50.7. The summed E-state index contributed by atoms with van der Waals surface area (Å²) < 4.78 is 34.1. The van der Waals surface area contributed by atoms with E-state index in [1.54, 1.807) is 0 Å². The van der Waals surface area contributed by atoms with Crippen molar-refractivity contribution in [2.24, 2.45) is 0 Å². The van der Waals surface area contributed by atoms with E-state index in [-0.39, 0.29) is 32.5 Å². The van der Waals surface area contributed by atoms with Gasteiger partial charge in [-0.3, -0.25) is 4.90 Å². The van der Waals surface area contributed by atoms with Crippen molar-refractivity contribution in [2.45, 2.75) is 346 Å². The Hall–Kier alpha value is -2.00. The first kappa shape index (κ1) is 72.1. The second-order valence-electron chi connectivity index (χ2n) is 23.6. The van der Waals surface area contributed by atoms with Gasteiger partial charge >= 0.3 is 12.3 Å². The van der Waals surface area contributed by atoms with Crippen LogP contribution in [0.15, 0.2) is 11.6 Å². The van der Waals surface area contributed by atoms with Gasteiger partial charge in [0.2, 0.25) is 0 Å². The minimum atomic E-state index is -0.821. The van der Waals surface area contributed by atoms with Gasteiger partial charge in [-0.2, -0.15) is 0 Å². The van der Waals surface area contributed by atoms with E-state index in [0.717, 1.165) is 95.5 Å². The number of carbonyl (C=O) groups is 2. The van der Waals surface area contributed by atoms with E-state index in [1.165, 1.54) is 154 Å². The van der Waals surface area contributed by atoms with Gasteiger partial charge in [0.05, 0.1) is 50.8 Å². The van der Waals surface area contributed by atoms with Crippen LogP contribution in [-0.2, 0) is 28.4 Å². The highest BCUT2D eigenvalue weighted by atomic mass is 16.8. The van der Waals surface area contributed by atoms with Crippen molar-refractivity contribution in [3.8, 4) is 0 Å². The fourth-order valence-corrected chi connectivity index (χ4v) is 11.2. The first-order valence-electron chi connectivity index (χ1n) is 33.1. The average Bonchev–Trinajstić information content (AvgIpc) is 4.04. The minimum Gasteiger partial charge on any atom is -0.434 e. The van der Waals surface area contributed by atoms with E-state index in [1.807, 2.05) is 0 Å². The lowest BCUT2D eigenvalue weighted by Gasteiger charge is -2.27. The van der Waals surface area contributed by atoms with Crippen LogP contribution >= 0.6 is 0 Å². The normalized spacial score (nSPS) is 19.0. The molecule has 2 fully saturated rings. The smallest absolute Gasteiger partial charge is 0.434 e. The Morgan fingerprint density at radius 3 is 1.19 bits per heavy atom. The standard InChI is InChI=1S/C65H123NO12/c1-5-9-13-17-21-25-29-33-41-56(67)46-45-55(50-57(68)42-34-30-26-22-18-14-10-6-2)40-37-38-48-73-64(71)77-60-53-75-63-61(54-76-62(60)63)78-65(72)74-49-39-47-66(51-58(69)43-35-31-27-23-19-15-11-7-3)52-59(70)44-36-32-28-24-20-16-12-8-4/h45,56-63,67-70H,5-44,46-54H2,1-4H3/t56?,57?,58?,59?,60-,61+,62?,63?/m1/s1. The molecule has 0 aromatic rings. The number of aliphatic hydroxyl groups excluding tert-OH is 4. The molecule has 0 amide bonds. The summed E-state index contributed by atoms with van der Waals surface area (Å²) in [6.45, 7) is 11.0. The molecule has 78 heavy (non-hydrogen) atoms. The molecule has 0 radical (unpaired) electrons. The monoisotopic (exact) mass is 1110 g/mol. The average molecular weight is 1110 g/mol. The number of fused-ring (bicyclic) bond motifs is 1. The molecule has 0 aromatic heterocycles. The quantitative estimate of drug-likeness (QED) is 0.0258. The van der Waals surface area contributed by atoms with Gasteiger partial charge in [0, 0.05) is 19.6 Å². The highest BCUT2D eigenvalue weighted by molar-refractivity contribution is 5.61. The molecule has 6 unspecified atom stereocenters. The summed E-state index contributed by atoms with van der Waals surface area (Å²) in [5.41, 5.74) is 1.16. The Morgan fingerprint density at radius 2 is 0.795 bits per heavy atom. The summed E-state index contributed by atoms with van der Waals surface area (Å²) in [7, 11) is 0. The third-order valence-electron chi connectivity index (χ3n) is 16.1. The lowest BCUT2D eigenvalue weighted by atomic mass is 9.96. The molecule has 0 bridgehead atoms. The molecule has 0 saturated carbocycles. The molecule has 0 aromatic carbocycles. The predicted molar refractivity (Wildman–Crippen MR) is 317 cm³/mol. The van der Waals surface area contributed by atoms with Crippen LogP contribution in [0, 0.1) is 0 Å². The highest BCUT2D eigenvalue weighted by Gasteiger charge is 2.51. The van der Waals surface area contributed by atoms with E-state index < -0.39 is 55.0 Å². The number of unbranched alkanes of at least 4 members (excludes halogenated alkanes) is 29. The van der Waals surface area contributed by atoms with Gasteiger partial charge in [-0.25, -0.2) is 9.59 Å². The van der Waals surface area contributed by atoms with Crippen LogP contribution in [0.1, 0.15) is 297 Å². The van der Waals surface area contributed by atoms with Crippen molar-refractivity contribution < 1.29 is 58.4 Å². The summed E-state index contributed by atoms with van der Waals surface area (Å²) in [5.74, 6) is 0. The fourth-order valence-electron chi connectivity index (χ4n) is 11.2. The predicted octanol–water partition coefficient (Wildman–Crippen LogP) is 16.0. The summed E-state index contributed by atoms with van der Waals surface area (Å²) in [6.07, 6.45) is 42.3. The van der Waals surface area contributed by atoms with Crippen LogP contribution in [0.2, 0.25) is 0 Å². The Morgan fingerprint density at radius 1 is 0.449 bits per heavy atom. The number of hydrogen-bond acceptors (Lipinski definition) is 13. The maximum atomic E-state index is 12.9. The summed E-state index contributed by atoms with van der Waals surface area (Å²) in [5, 5.41) is 43.8. The molecule has 0 spiro atoms. The van der Waals surface area contributed by atoms with Crippen molar-refractivity contribution in [3.05, 3.63) is 11.6 Å². The number of ether oxygens (including phenoxy) is 6. The molecule has 2 rings (SSSR count). The van der Waals surface area contributed by atoms with Gasteiger partial charge in [0.15, 0.2) is 12.2 Å². The zero-order valence-corrected chi connectivity index (χ0v) is 50.8. The Bertz CT molecular complexity index is 1370. The maximum absolute atomic E-state index is 12.9. The topological polar surface area (TPSA) is 174 Å². The molecule has 2 heterocycles. The van der Waals surface area contributed by atoms with Crippen molar-refractivity contribution >= 4 is 12.3 Å². The van der Waals surface area contributed by atoms with Crippen LogP contribution in [-0.4, -0.2) is 133 Å². The molecule has 13 heteroatoms. The maximum Gasteiger partial charge on any atom is 0.508 e. The second-order valence-corrected chi connectivity index (χ2v) is 23.6. The van der Waals surface area contributed by atoms with Crippen molar-refractivity contribution in [1.82, 2.24) is 4.90 Å². The lowest BCUT2D eigenvalue weighted by molar-refractivity contribution is -0.0425. The SMILES string of the molecule is CCCCCCCCCCC(O)CC=C(CCCCOC(=O)O[C@@H]1COC2C1OC[C@@H]2OC(=O)OCCCN(CC(O)CCCCCCCCCC)CC(O)CCCCCCCCCC)CC(O)CCCCCCCCCC. The zero-order valence-electron chi connectivity index (χ0n) is 50.8. The van der Waals surface area contributed by atoms with Gasteiger partial charge in [0.25, 0.3) is 0 Å². The van der Waals surface area contributed by atoms with E-state index in [0.29, 0.717) is 45.3 Å². The third kappa shape index (κ3) is 39.4. The number of rotatable bonds is 55. The van der Waals surface area contributed by atoms with Crippen molar-refractivity contribution in [2.75, 3.05) is 46.1 Å². The number of carbonyl (C=O) groups excluding carboxylic acids is 2. The molecule has 8 atom stereocenters. The lowest BCUT2D eigenvalue weighted by Crippen LogP contribution is -2.39. The number of nitrogens with zero attached hydrogens (tertiary/aromatic N) is 1. The van der Waals surface area contributed by atoms with Gasteiger partial charge in [-0.15, -0.1) is 0 Å². The molecule has 13 nitrogen and oxygen atoms in total. The summed E-state index contributed by atoms with van der Waals surface area (Å²) in [6, 6.07) is 0. The zero-order chi connectivity index (χ0) is 56.5. The van der Waals surface area contributed by atoms with Crippen LogP contribution in [0.5, 0.6) is 0 Å². The Labute approximate surface area is 477 Å².